The number of carboxylic acids is 1. The Balaban J connectivity index is 1.52. The van der Waals surface area contributed by atoms with Crippen LogP contribution in [0.25, 0.3) is 0 Å². The number of carboxylic acid groups (broad SMARTS) is 1. The van der Waals surface area contributed by atoms with Crippen LogP contribution in [0, 0.1) is 0 Å². The third-order valence-electron chi connectivity index (χ3n) is 11.5. The zero-order valence-electron chi connectivity index (χ0n) is 33.4. The standard InChI is InChI=1S/C42H56N4O10S2/c1-41(2)32-28-30(40(49)50)18-20-34(32)45-25-12-6-10-17-39(48)44-24-23-43-38(47)16-9-5-11-22-42(3)33-29-31(58(54,55)56)19-21-35(33)46(26-13-27-57(51,52)53)37(42)15-8-4-7-14-36(41)45/h4,7-8,14-15,18-21,28-29,36H,5-6,9-13,16-17,22-27H2,1-3H3,(H,43,47)(H,44,48)(H,49,50)(H,51,52,53)(H,54,55,56). The number of rotatable bonds is 6. The van der Waals surface area contributed by atoms with Crippen LogP contribution < -0.4 is 20.4 Å². The van der Waals surface area contributed by atoms with Gasteiger partial charge in [-0.3, -0.25) is 18.7 Å². The van der Waals surface area contributed by atoms with Gasteiger partial charge in [0.2, 0.25) is 11.8 Å². The van der Waals surface area contributed by atoms with Crippen LogP contribution in [-0.2, 0) is 40.7 Å². The molecule has 316 valence electrons. The van der Waals surface area contributed by atoms with Crippen molar-refractivity contribution in [2.45, 2.75) is 107 Å². The topological polar surface area (TPSA) is 211 Å². The molecule has 3 aliphatic rings. The van der Waals surface area contributed by atoms with Crippen molar-refractivity contribution in [2.75, 3.05) is 41.7 Å². The first kappa shape index (κ1) is 44.6. The lowest BCUT2D eigenvalue weighted by Crippen LogP contribution is -2.40. The number of anilines is 2. The van der Waals surface area contributed by atoms with E-state index in [0.29, 0.717) is 75.8 Å². The summed E-state index contributed by atoms with van der Waals surface area (Å²) >= 11 is 0. The molecular weight excluding hydrogens is 785 g/mol. The normalized spacial score (nSPS) is 22.6. The van der Waals surface area contributed by atoms with Crippen LogP contribution >= 0.6 is 0 Å². The number of benzene rings is 2. The molecule has 0 saturated carbocycles. The quantitative estimate of drug-likeness (QED) is 0.215. The lowest BCUT2D eigenvalue weighted by molar-refractivity contribution is -0.123. The summed E-state index contributed by atoms with van der Waals surface area (Å²) in [6.07, 6.45) is 15.3. The predicted molar refractivity (Wildman–Crippen MR) is 223 cm³/mol. The number of carbonyl (C=O) groups excluding carboxylic acids is 2. The number of nitrogens with zero attached hydrogens (tertiary/aromatic N) is 2. The van der Waals surface area contributed by atoms with Crippen LogP contribution in [0.5, 0.6) is 0 Å². The number of aromatic carboxylic acids is 1. The molecule has 2 unspecified atom stereocenters. The van der Waals surface area contributed by atoms with Gasteiger partial charge in [-0.05, 0) is 92.6 Å². The second-order valence-corrected chi connectivity index (χ2v) is 19.1. The van der Waals surface area contributed by atoms with Crippen molar-refractivity contribution in [1.29, 1.82) is 0 Å². The third-order valence-corrected chi connectivity index (χ3v) is 13.2. The summed E-state index contributed by atoms with van der Waals surface area (Å²) in [6, 6.07) is 9.46. The molecule has 2 aromatic carbocycles. The molecule has 5 N–H and O–H groups in total. The Morgan fingerprint density at radius 1 is 0.810 bits per heavy atom. The van der Waals surface area contributed by atoms with Gasteiger partial charge in [-0.15, -0.1) is 0 Å². The van der Waals surface area contributed by atoms with Crippen molar-refractivity contribution < 1.29 is 45.4 Å². The lowest BCUT2D eigenvalue weighted by Gasteiger charge is -2.32. The number of hydrogen-bond donors (Lipinski definition) is 5. The average Bonchev–Trinajstić information content (AvgIpc) is 3.50. The molecule has 0 fully saturated rings. The number of fused-ring (bicyclic) bond motifs is 6. The molecule has 0 radical (unpaired) electrons. The first-order chi connectivity index (χ1) is 27.3. The number of nitrogens with one attached hydrogen (secondary N) is 2. The maximum Gasteiger partial charge on any atom is 0.335 e. The Hall–Kier alpha value is -4.51. The predicted octanol–water partition coefficient (Wildman–Crippen LogP) is 5.91. The minimum Gasteiger partial charge on any atom is -0.478 e. The van der Waals surface area contributed by atoms with Crippen molar-refractivity contribution >= 4 is 49.4 Å². The van der Waals surface area contributed by atoms with Crippen molar-refractivity contribution in [1.82, 2.24) is 10.6 Å². The Morgan fingerprint density at radius 3 is 2.10 bits per heavy atom. The van der Waals surface area contributed by atoms with Gasteiger partial charge in [-0.1, -0.05) is 57.4 Å². The zero-order chi connectivity index (χ0) is 42.3. The van der Waals surface area contributed by atoms with Gasteiger partial charge in [0.25, 0.3) is 20.2 Å². The van der Waals surface area contributed by atoms with E-state index < -0.39 is 42.8 Å². The second-order valence-electron chi connectivity index (χ2n) is 16.1. The molecule has 3 heterocycles. The number of carbonyl (C=O) groups is 3. The van der Waals surface area contributed by atoms with E-state index in [4.69, 9.17) is 0 Å². The van der Waals surface area contributed by atoms with Gasteiger partial charge in [0.15, 0.2) is 0 Å². The summed E-state index contributed by atoms with van der Waals surface area (Å²) < 4.78 is 67.5. The second kappa shape index (κ2) is 18.6. The largest absolute Gasteiger partial charge is 0.478 e. The zero-order valence-corrected chi connectivity index (χ0v) is 35.1. The Labute approximate surface area is 342 Å². The first-order valence-electron chi connectivity index (χ1n) is 19.9. The summed E-state index contributed by atoms with van der Waals surface area (Å²) in [4.78, 5) is 40.9. The van der Waals surface area contributed by atoms with Gasteiger partial charge in [0, 0.05) is 66.9 Å². The van der Waals surface area contributed by atoms with Crippen molar-refractivity contribution in [2.24, 2.45) is 0 Å². The monoisotopic (exact) mass is 840 g/mol. The highest BCUT2D eigenvalue weighted by Gasteiger charge is 2.44. The van der Waals surface area contributed by atoms with E-state index in [1.807, 2.05) is 42.2 Å². The van der Waals surface area contributed by atoms with Crippen LogP contribution in [0.4, 0.5) is 11.4 Å². The highest BCUT2D eigenvalue weighted by atomic mass is 32.2. The van der Waals surface area contributed by atoms with Crippen LogP contribution in [0.1, 0.15) is 106 Å². The van der Waals surface area contributed by atoms with E-state index in [-0.39, 0.29) is 41.3 Å². The van der Waals surface area contributed by atoms with E-state index in [1.165, 1.54) is 12.1 Å². The van der Waals surface area contributed by atoms with Gasteiger partial charge in [-0.2, -0.15) is 16.8 Å². The molecule has 58 heavy (non-hydrogen) atoms. The van der Waals surface area contributed by atoms with Crippen LogP contribution in [0.15, 0.2) is 77.4 Å². The van der Waals surface area contributed by atoms with E-state index in [1.54, 1.807) is 18.2 Å². The van der Waals surface area contributed by atoms with Gasteiger partial charge in [0.05, 0.1) is 22.3 Å². The highest BCUT2D eigenvalue weighted by molar-refractivity contribution is 7.86. The fraction of sp³-hybridized carbons (Fsp3) is 0.500. The molecule has 0 aliphatic carbocycles. The van der Waals surface area contributed by atoms with Crippen LogP contribution in [0.2, 0.25) is 0 Å². The molecule has 5 rings (SSSR count). The lowest BCUT2D eigenvalue weighted by atomic mass is 9.77. The Kier molecular flexibility index (Phi) is 14.3. The Morgan fingerprint density at radius 2 is 1.47 bits per heavy atom. The maximum absolute atomic E-state index is 12.6. The molecule has 14 nitrogen and oxygen atoms in total. The molecule has 3 aliphatic heterocycles. The summed E-state index contributed by atoms with van der Waals surface area (Å²) in [6.45, 7) is 7.68. The molecule has 16 heteroatoms. The molecule has 2 atom stereocenters. The van der Waals surface area contributed by atoms with Crippen LogP contribution in [0.3, 0.4) is 0 Å². The van der Waals surface area contributed by atoms with Crippen LogP contribution in [-0.4, -0.2) is 86.8 Å². The van der Waals surface area contributed by atoms with Crippen molar-refractivity contribution in [3.05, 3.63) is 89.2 Å². The van der Waals surface area contributed by atoms with Gasteiger partial charge in [0.1, 0.15) is 0 Å². The van der Waals surface area contributed by atoms with E-state index in [9.17, 15) is 45.4 Å². The van der Waals surface area contributed by atoms with Gasteiger partial charge in [-0.25, -0.2) is 4.79 Å². The first-order valence-corrected chi connectivity index (χ1v) is 23.0. The summed E-state index contributed by atoms with van der Waals surface area (Å²) in [5.41, 5.74) is 2.92. The smallest absolute Gasteiger partial charge is 0.335 e. The minimum atomic E-state index is -4.55. The highest BCUT2D eigenvalue weighted by Crippen LogP contribution is 2.52. The van der Waals surface area contributed by atoms with Gasteiger partial charge >= 0.3 is 5.97 Å². The number of amides is 2. The van der Waals surface area contributed by atoms with E-state index in [2.05, 4.69) is 35.5 Å². The summed E-state index contributed by atoms with van der Waals surface area (Å²) in [5, 5.41) is 15.5. The van der Waals surface area contributed by atoms with Crippen molar-refractivity contribution in [3.63, 3.8) is 0 Å². The fourth-order valence-corrected chi connectivity index (χ4v) is 9.49. The summed E-state index contributed by atoms with van der Waals surface area (Å²) in [7, 11) is -8.80. The maximum atomic E-state index is 12.6. The van der Waals surface area contributed by atoms with E-state index >= 15 is 0 Å². The summed E-state index contributed by atoms with van der Waals surface area (Å²) in [5.74, 6) is -1.66. The van der Waals surface area contributed by atoms with Gasteiger partial charge < -0.3 is 25.5 Å². The molecule has 0 spiro atoms. The molecule has 2 aromatic rings. The third kappa shape index (κ3) is 10.8. The molecule has 0 saturated heterocycles. The molecular formula is C42H56N4O10S2. The Bertz CT molecular complexity index is 2180. The number of allylic oxidation sites excluding steroid dienone is 5. The molecule has 2 amide bonds. The minimum absolute atomic E-state index is 0.0723. The molecule has 0 bridgehead atoms. The van der Waals surface area contributed by atoms with Crippen molar-refractivity contribution in [3.8, 4) is 0 Å². The number of hydrogen-bond acceptors (Lipinski definition) is 9. The SMILES string of the molecule is CC12CCCCCC(=O)NCCNC(=O)CCCCCN3c4ccc(C(=O)O)cc4C(C)(C)C3C=CC=CC=C1N(CCCS(=O)(=O)O)c1ccc(S(=O)(=O)O)cc12. The molecule has 0 aromatic heterocycles. The van der Waals surface area contributed by atoms with E-state index in [0.717, 1.165) is 29.8 Å². The fourth-order valence-electron chi connectivity index (χ4n) is 8.49. The average molecular weight is 841 g/mol.